The number of carbonyl (C=O) groups is 3. The number of rotatable bonds is 6. The van der Waals surface area contributed by atoms with Crippen LogP contribution in [0, 0.1) is 6.92 Å². The summed E-state index contributed by atoms with van der Waals surface area (Å²) in [5.74, 6) is -0.444. The van der Waals surface area contributed by atoms with Gasteiger partial charge in [0, 0.05) is 23.6 Å². The molecule has 1 aromatic carbocycles. The van der Waals surface area contributed by atoms with Crippen molar-refractivity contribution in [3.63, 3.8) is 0 Å². The Kier molecular flexibility index (Phi) is 5.76. The van der Waals surface area contributed by atoms with Crippen LogP contribution in [0.5, 0.6) is 0 Å². The van der Waals surface area contributed by atoms with Gasteiger partial charge >= 0.3 is 5.97 Å². The average molecular weight is 331 g/mol. The van der Waals surface area contributed by atoms with E-state index in [1.165, 1.54) is 31.0 Å². The molecule has 6 heteroatoms. The zero-order valence-electron chi connectivity index (χ0n) is 12.9. The van der Waals surface area contributed by atoms with Crippen molar-refractivity contribution < 1.29 is 19.1 Å². The standard InChI is InChI=1S/C17H17NO4S/c1-11-5-3-4-6-12(11)18-13-9-15(20)16(10-14(13)19)23-8-7-17(21)22-2/h3-6,9-10,18H,7-8H2,1-2H3. The van der Waals surface area contributed by atoms with Gasteiger partial charge in [0.2, 0.25) is 5.78 Å². The van der Waals surface area contributed by atoms with Crippen LogP contribution in [-0.2, 0) is 19.1 Å². The van der Waals surface area contributed by atoms with Gasteiger partial charge in [0.1, 0.15) is 0 Å². The second-order valence-electron chi connectivity index (χ2n) is 4.91. The van der Waals surface area contributed by atoms with Crippen LogP contribution in [0.2, 0.25) is 0 Å². The number of benzene rings is 1. The highest BCUT2D eigenvalue weighted by Crippen LogP contribution is 2.25. The molecule has 0 saturated carbocycles. The first-order valence-electron chi connectivity index (χ1n) is 7.05. The first-order valence-corrected chi connectivity index (χ1v) is 8.04. The van der Waals surface area contributed by atoms with Gasteiger partial charge in [-0.3, -0.25) is 14.4 Å². The summed E-state index contributed by atoms with van der Waals surface area (Å²) in [4.78, 5) is 35.7. The van der Waals surface area contributed by atoms with Crippen molar-refractivity contribution in [3.05, 3.63) is 52.6 Å². The number of para-hydroxylation sites is 1. The predicted octanol–water partition coefficient (Wildman–Crippen LogP) is 2.62. The van der Waals surface area contributed by atoms with E-state index in [2.05, 4.69) is 10.1 Å². The number of hydrogen-bond acceptors (Lipinski definition) is 6. The van der Waals surface area contributed by atoms with Crippen molar-refractivity contribution in [1.82, 2.24) is 0 Å². The Bertz CT molecular complexity index is 706. The second-order valence-corrected chi connectivity index (χ2v) is 6.05. The molecule has 120 valence electrons. The number of esters is 1. The van der Waals surface area contributed by atoms with Crippen molar-refractivity contribution in [3.8, 4) is 0 Å². The zero-order chi connectivity index (χ0) is 16.8. The maximum Gasteiger partial charge on any atom is 0.306 e. The number of ether oxygens (including phenoxy) is 1. The number of ketones is 2. The van der Waals surface area contributed by atoms with Gasteiger partial charge in [0.05, 0.1) is 24.1 Å². The molecule has 2 rings (SSSR count). The molecule has 0 saturated heterocycles. The minimum Gasteiger partial charge on any atom is -0.469 e. The van der Waals surface area contributed by atoms with E-state index in [0.717, 1.165) is 11.3 Å². The molecule has 1 aliphatic carbocycles. The summed E-state index contributed by atoms with van der Waals surface area (Å²) < 4.78 is 4.54. The van der Waals surface area contributed by atoms with Crippen LogP contribution in [0.25, 0.3) is 0 Å². The van der Waals surface area contributed by atoms with Crippen LogP contribution in [0.4, 0.5) is 5.69 Å². The van der Waals surface area contributed by atoms with Crippen LogP contribution >= 0.6 is 11.8 Å². The summed E-state index contributed by atoms with van der Waals surface area (Å²) in [5.41, 5.74) is 2.02. The van der Waals surface area contributed by atoms with E-state index in [4.69, 9.17) is 0 Å². The Morgan fingerprint density at radius 1 is 1.17 bits per heavy atom. The highest BCUT2D eigenvalue weighted by molar-refractivity contribution is 8.04. The minimum absolute atomic E-state index is 0.192. The van der Waals surface area contributed by atoms with Crippen molar-refractivity contribution in [2.75, 3.05) is 18.2 Å². The smallest absolute Gasteiger partial charge is 0.306 e. The highest BCUT2D eigenvalue weighted by atomic mass is 32.2. The first kappa shape index (κ1) is 17.0. The maximum absolute atomic E-state index is 12.2. The lowest BCUT2D eigenvalue weighted by Crippen LogP contribution is -2.18. The fourth-order valence-corrected chi connectivity index (χ4v) is 2.84. The molecule has 1 aliphatic rings. The van der Waals surface area contributed by atoms with Crippen LogP contribution in [0.3, 0.4) is 0 Å². The van der Waals surface area contributed by atoms with Crippen molar-refractivity contribution >= 4 is 35.0 Å². The number of nitrogens with one attached hydrogen (secondary N) is 1. The van der Waals surface area contributed by atoms with Gasteiger partial charge in [0.25, 0.3) is 0 Å². The summed E-state index contributed by atoms with van der Waals surface area (Å²) in [6.45, 7) is 1.92. The number of thioether (sulfide) groups is 1. The lowest BCUT2D eigenvalue weighted by atomic mass is 10.1. The van der Waals surface area contributed by atoms with E-state index < -0.39 is 0 Å². The van der Waals surface area contributed by atoms with Gasteiger partial charge in [0.15, 0.2) is 5.78 Å². The van der Waals surface area contributed by atoms with Gasteiger partial charge in [-0.15, -0.1) is 11.8 Å². The molecular weight excluding hydrogens is 314 g/mol. The molecule has 0 radical (unpaired) electrons. The normalized spacial score (nSPS) is 14.2. The molecule has 0 fully saturated rings. The molecule has 0 aromatic heterocycles. The van der Waals surface area contributed by atoms with Crippen molar-refractivity contribution in [1.29, 1.82) is 0 Å². The van der Waals surface area contributed by atoms with E-state index >= 15 is 0 Å². The molecule has 0 amide bonds. The fraction of sp³-hybridized carbons (Fsp3) is 0.235. The molecule has 0 unspecified atom stereocenters. The molecule has 1 aromatic rings. The number of anilines is 1. The average Bonchev–Trinajstić information content (AvgIpc) is 2.53. The van der Waals surface area contributed by atoms with E-state index in [1.807, 2.05) is 31.2 Å². The molecule has 0 spiro atoms. The largest absolute Gasteiger partial charge is 0.469 e. The second kappa shape index (κ2) is 7.78. The molecular formula is C17H17NO4S. The predicted molar refractivity (Wildman–Crippen MR) is 90.1 cm³/mol. The quantitative estimate of drug-likeness (QED) is 0.638. The highest BCUT2D eigenvalue weighted by Gasteiger charge is 2.21. The summed E-state index contributed by atoms with van der Waals surface area (Å²) in [5, 5.41) is 3.00. The van der Waals surface area contributed by atoms with E-state index in [9.17, 15) is 14.4 Å². The summed E-state index contributed by atoms with van der Waals surface area (Å²) in [6, 6.07) is 7.52. The van der Waals surface area contributed by atoms with Crippen LogP contribution in [0.1, 0.15) is 12.0 Å². The Hall–Kier alpha value is -2.34. The number of allylic oxidation sites excluding steroid dienone is 3. The van der Waals surface area contributed by atoms with E-state index in [-0.39, 0.29) is 29.7 Å². The van der Waals surface area contributed by atoms with Gasteiger partial charge in [-0.2, -0.15) is 0 Å². The number of hydrogen-bond donors (Lipinski definition) is 1. The number of aryl methyl sites for hydroxylation is 1. The lowest BCUT2D eigenvalue weighted by molar-refractivity contribution is -0.140. The van der Waals surface area contributed by atoms with Gasteiger partial charge in [-0.1, -0.05) is 18.2 Å². The molecule has 0 heterocycles. The van der Waals surface area contributed by atoms with Gasteiger partial charge in [-0.05, 0) is 18.6 Å². The molecule has 1 N–H and O–H groups in total. The lowest BCUT2D eigenvalue weighted by Gasteiger charge is -2.15. The Labute approximate surface area is 138 Å². The van der Waals surface area contributed by atoms with Crippen LogP contribution in [-0.4, -0.2) is 30.4 Å². The Balaban J connectivity index is 2.01. The van der Waals surface area contributed by atoms with Crippen molar-refractivity contribution in [2.45, 2.75) is 13.3 Å². The van der Waals surface area contributed by atoms with Gasteiger partial charge in [-0.25, -0.2) is 0 Å². The first-order chi connectivity index (χ1) is 11.0. The SMILES string of the molecule is COC(=O)CCSC1=CC(=O)C(Nc2ccccc2C)=CC1=O. The summed E-state index contributed by atoms with van der Waals surface area (Å²) in [7, 11) is 1.31. The minimum atomic E-state index is -0.342. The van der Waals surface area contributed by atoms with Crippen LogP contribution in [0.15, 0.2) is 47.0 Å². The number of carbonyl (C=O) groups excluding carboxylic acids is 3. The monoisotopic (exact) mass is 331 g/mol. The van der Waals surface area contributed by atoms with Crippen LogP contribution < -0.4 is 5.32 Å². The third kappa shape index (κ3) is 4.56. The molecule has 5 nitrogen and oxygen atoms in total. The molecule has 0 atom stereocenters. The van der Waals surface area contributed by atoms with E-state index in [1.54, 1.807) is 0 Å². The molecule has 0 bridgehead atoms. The van der Waals surface area contributed by atoms with Crippen molar-refractivity contribution in [2.24, 2.45) is 0 Å². The third-order valence-corrected chi connectivity index (χ3v) is 4.29. The molecule has 0 aliphatic heterocycles. The molecule has 23 heavy (non-hydrogen) atoms. The zero-order valence-corrected chi connectivity index (χ0v) is 13.7. The Morgan fingerprint density at radius 3 is 2.61 bits per heavy atom. The summed E-state index contributed by atoms with van der Waals surface area (Å²) in [6.07, 6.45) is 2.80. The van der Waals surface area contributed by atoms with E-state index in [0.29, 0.717) is 10.7 Å². The Morgan fingerprint density at radius 2 is 1.91 bits per heavy atom. The number of methoxy groups -OCH3 is 1. The topological polar surface area (TPSA) is 72.5 Å². The maximum atomic E-state index is 12.2. The summed E-state index contributed by atoms with van der Waals surface area (Å²) >= 11 is 1.18. The van der Waals surface area contributed by atoms with Gasteiger partial charge < -0.3 is 10.1 Å². The fourth-order valence-electron chi connectivity index (χ4n) is 1.96. The third-order valence-electron chi connectivity index (χ3n) is 3.25.